The number of aliphatic hydroxyl groups is 1. The molecule has 84 valence electrons. The highest BCUT2D eigenvalue weighted by Crippen LogP contribution is 2.27. The van der Waals surface area contributed by atoms with Crippen LogP contribution in [0.15, 0.2) is 46.5 Å². The molecule has 0 aliphatic carbocycles. The summed E-state index contributed by atoms with van der Waals surface area (Å²) in [4.78, 5) is 2.27. The molecule has 1 atom stereocenters. The normalized spacial score (nSPS) is 12.7. The van der Waals surface area contributed by atoms with Gasteiger partial charge in [0.1, 0.15) is 0 Å². The smallest absolute Gasteiger partial charge is 0.0761 e. The molecule has 0 spiro atoms. The molecule has 1 aromatic heterocycles. The minimum absolute atomic E-state index is 0.405. The maximum atomic E-state index is 9.39. The molecule has 0 saturated carbocycles. The number of benzene rings is 1. The van der Waals surface area contributed by atoms with Crippen molar-refractivity contribution in [2.45, 2.75) is 22.8 Å². The molecule has 2 aromatic rings. The van der Waals surface area contributed by atoms with Crippen molar-refractivity contribution < 1.29 is 5.11 Å². The lowest BCUT2D eigenvalue weighted by Gasteiger charge is -2.05. The van der Waals surface area contributed by atoms with Gasteiger partial charge in [0, 0.05) is 18.1 Å². The summed E-state index contributed by atoms with van der Waals surface area (Å²) in [6.45, 7) is 1.77. The second-order valence-corrected chi connectivity index (χ2v) is 4.84. The fourth-order valence-electron chi connectivity index (χ4n) is 1.40. The van der Waals surface area contributed by atoms with Crippen LogP contribution in [0.5, 0.6) is 0 Å². The highest BCUT2D eigenvalue weighted by atomic mass is 32.2. The van der Waals surface area contributed by atoms with E-state index in [1.807, 2.05) is 43.7 Å². The van der Waals surface area contributed by atoms with Crippen LogP contribution < -0.4 is 0 Å². The fraction of sp³-hybridized carbons (Fsp3) is 0.250. The van der Waals surface area contributed by atoms with E-state index in [1.54, 1.807) is 23.4 Å². The number of nitrogens with zero attached hydrogens (tertiary/aromatic N) is 2. The summed E-state index contributed by atoms with van der Waals surface area (Å²) in [7, 11) is 1.90. The van der Waals surface area contributed by atoms with E-state index < -0.39 is 6.10 Å². The average Bonchev–Trinajstić information content (AvgIpc) is 2.65. The number of hydrogen-bond acceptors (Lipinski definition) is 3. The van der Waals surface area contributed by atoms with Crippen LogP contribution in [0.2, 0.25) is 0 Å². The minimum atomic E-state index is -0.405. The van der Waals surface area contributed by atoms with Crippen molar-refractivity contribution in [3.63, 3.8) is 0 Å². The molecule has 1 aromatic carbocycles. The van der Waals surface area contributed by atoms with Gasteiger partial charge in [0.25, 0.3) is 0 Å². The summed E-state index contributed by atoms with van der Waals surface area (Å²) in [5, 5.41) is 13.5. The Morgan fingerprint density at radius 2 is 1.94 bits per heavy atom. The first-order valence-corrected chi connectivity index (χ1v) is 5.91. The average molecular weight is 234 g/mol. The Hall–Kier alpha value is -1.26. The largest absolute Gasteiger partial charge is 0.389 e. The molecule has 16 heavy (non-hydrogen) atoms. The Kier molecular flexibility index (Phi) is 3.31. The lowest BCUT2D eigenvalue weighted by Crippen LogP contribution is -1.89. The Balaban J connectivity index is 2.11. The molecule has 4 heteroatoms. The second-order valence-electron chi connectivity index (χ2n) is 3.70. The second kappa shape index (κ2) is 4.72. The molecule has 1 heterocycles. The van der Waals surface area contributed by atoms with Gasteiger partial charge in [-0.1, -0.05) is 23.9 Å². The first kappa shape index (κ1) is 11.2. The molecule has 0 unspecified atom stereocenters. The van der Waals surface area contributed by atoms with Crippen LogP contribution in [0, 0.1) is 0 Å². The van der Waals surface area contributed by atoms with E-state index in [1.165, 1.54) is 0 Å². The summed E-state index contributed by atoms with van der Waals surface area (Å²) in [6.07, 6.45) is 3.41. The Labute approximate surface area is 99.1 Å². The van der Waals surface area contributed by atoms with Gasteiger partial charge < -0.3 is 5.11 Å². The van der Waals surface area contributed by atoms with Crippen LogP contribution in [0.3, 0.4) is 0 Å². The third kappa shape index (κ3) is 2.65. The van der Waals surface area contributed by atoms with Crippen LogP contribution in [0.25, 0.3) is 0 Å². The van der Waals surface area contributed by atoms with Crippen molar-refractivity contribution >= 4 is 11.8 Å². The number of aliphatic hydroxyl groups excluding tert-OH is 1. The molecule has 0 aliphatic rings. The Morgan fingerprint density at radius 3 is 2.44 bits per heavy atom. The molecule has 3 nitrogen and oxygen atoms in total. The molecule has 0 amide bonds. The first-order chi connectivity index (χ1) is 7.65. The van der Waals surface area contributed by atoms with Gasteiger partial charge in [-0.2, -0.15) is 5.10 Å². The van der Waals surface area contributed by atoms with Gasteiger partial charge in [-0.3, -0.25) is 4.68 Å². The van der Waals surface area contributed by atoms with Crippen molar-refractivity contribution in [1.82, 2.24) is 9.78 Å². The third-order valence-electron chi connectivity index (χ3n) is 2.28. The summed E-state index contributed by atoms with van der Waals surface area (Å²) in [6, 6.07) is 7.92. The van der Waals surface area contributed by atoms with E-state index in [0.717, 1.165) is 15.4 Å². The summed E-state index contributed by atoms with van der Waals surface area (Å²) in [5.41, 5.74) is 0.940. The molecule has 0 radical (unpaired) electrons. The van der Waals surface area contributed by atoms with E-state index in [0.29, 0.717) is 0 Å². The van der Waals surface area contributed by atoms with Gasteiger partial charge in [0.2, 0.25) is 0 Å². The number of aryl methyl sites for hydroxylation is 1. The van der Waals surface area contributed by atoms with Crippen LogP contribution >= 0.6 is 11.8 Å². The Bertz CT molecular complexity index is 462. The van der Waals surface area contributed by atoms with Crippen molar-refractivity contribution in [2.75, 3.05) is 0 Å². The number of hydrogen-bond donors (Lipinski definition) is 1. The number of aromatic nitrogens is 2. The van der Waals surface area contributed by atoms with Crippen LogP contribution in [0.4, 0.5) is 0 Å². The molecule has 0 saturated heterocycles. The monoisotopic (exact) mass is 234 g/mol. The predicted octanol–water partition coefficient (Wildman–Crippen LogP) is 2.62. The molecular formula is C12H14N2OS. The molecule has 2 rings (SSSR count). The van der Waals surface area contributed by atoms with Crippen LogP contribution in [-0.2, 0) is 7.05 Å². The maximum absolute atomic E-state index is 9.39. The molecule has 0 bridgehead atoms. The zero-order chi connectivity index (χ0) is 11.5. The standard InChI is InChI=1S/C12H14N2OS/c1-9(15)10-3-5-11(6-4-10)16-12-7-13-14(2)8-12/h3-9,15H,1-2H3/t9-/m1/s1. The van der Waals surface area contributed by atoms with Gasteiger partial charge in [0.15, 0.2) is 0 Å². The first-order valence-electron chi connectivity index (χ1n) is 5.09. The Morgan fingerprint density at radius 1 is 1.25 bits per heavy atom. The number of rotatable bonds is 3. The highest BCUT2D eigenvalue weighted by molar-refractivity contribution is 7.99. The van der Waals surface area contributed by atoms with Crippen molar-refractivity contribution in [1.29, 1.82) is 0 Å². The van der Waals surface area contributed by atoms with Gasteiger partial charge >= 0.3 is 0 Å². The molecule has 0 fully saturated rings. The van der Waals surface area contributed by atoms with Gasteiger partial charge in [-0.25, -0.2) is 0 Å². The molecule has 1 N–H and O–H groups in total. The van der Waals surface area contributed by atoms with E-state index in [2.05, 4.69) is 5.10 Å². The lowest BCUT2D eigenvalue weighted by molar-refractivity contribution is 0.199. The van der Waals surface area contributed by atoms with Crippen LogP contribution in [0.1, 0.15) is 18.6 Å². The third-order valence-corrected chi connectivity index (χ3v) is 3.23. The maximum Gasteiger partial charge on any atom is 0.0761 e. The van der Waals surface area contributed by atoms with Gasteiger partial charge in [-0.05, 0) is 24.6 Å². The van der Waals surface area contributed by atoms with Crippen molar-refractivity contribution in [3.05, 3.63) is 42.2 Å². The molecule has 0 aliphatic heterocycles. The highest BCUT2D eigenvalue weighted by Gasteiger charge is 2.02. The van der Waals surface area contributed by atoms with Gasteiger partial charge in [0.05, 0.1) is 17.2 Å². The minimum Gasteiger partial charge on any atom is -0.389 e. The van der Waals surface area contributed by atoms with Crippen molar-refractivity contribution in [3.8, 4) is 0 Å². The van der Waals surface area contributed by atoms with Gasteiger partial charge in [-0.15, -0.1) is 0 Å². The van der Waals surface area contributed by atoms with E-state index in [9.17, 15) is 5.11 Å². The van der Waals surface area contributed by atoms with E-state index in [4.69, 9.17) is 0 Å². The predicted molar refractivity (Wildman–Crippen MR) is 64.4 cm³/mol. The van der Waals surface area contributed by atoms with Crippen LogP contribution in [-0.4, -0.2) is 14.9 Å². The van der Waals surface area contributed by atoms with Crippen molar-refractivity contribution in [2.24, 2.45) is 7.05 Å². The lowest BCUT2D eigenvalue weighted by atomic mass is 10.1. The summed E-state index contributed by atoms with van der Waals surface area (Å²) in [5.74, 6) is 0. The SMILES string of the molecule is C[C@@H](O)c1ccc(Sc2cnn(C)c2)cc1. The summed E-state index contributed by atoms with van der Waals surface area (Å²) < 4.78 is 1.78. The molecular weight excluding hydrogens is 220 g/mol. The fourth-order valence-corrected chi connectivity index (χ4v) is 2.25. The zero-order valence-corrected chi connectivity index (χ0v) is 10.1. The topological polar surface area (TPSA) is 38.1 Å². The summed E-state index contributed by atoms with van der Waals surface area (Å²) >= 11 is 1.66. The quantitative estimate of drug-likeness (QED) is 0.887. The zero-order valence-electron chi connectivity index (χ0n) is 9.29. The van der Waals surface area contributed by atoms with E-state index in [-0.39, 0.29) is 0 Å². The van der Waals surface area contributed by atoms with E-state index >= 15 is 0 Å².